The van der Waals surface area contributed by atoms with E-state index in [0.29, 0.717) is 29.0 Å². The Bertz CT molecular complexity index is 1120. The number of pyridine rings is 3. The molecule has 0 radical (unpaired) electrons. The second-order valence-electron chi connectivity index (χ2n) is 5.92. The number of H-pyrrole nitrogens is 2. The maximum absolute atomic E-state index is 4.56. The molecule has 0 saturated heterocycles. The van der Waals surface area contributed by atoms with Gasteiger partial charge in [0.15, 0.2) is 23.3 Å². The van der Waals surface area contributed by atoms with E-state index in [1.165, 1.54) is 0 Å². The van der Waals surface area contributed by atoms with Crippen LogP contribution < -0.4 is 0 Å². The van der Waals surface area contributed by atoms with Crippen molar-refractivity contribution in [1.29, 1.82) is 0 Å². The third-order valence-corrected chi connectivity index (χ3v) is 4.12. The quantitative estimate of drug-likeness (QED) is 0.501. The average molecular weight is 367 g/mol. The fourth-order valence-electron chi connectivity index (χ4n) is 2.74. The summed E-state index contributed by atoms with van der Waals surface area (Å²) in [5, 5.41) is 14.5. The van der Waals surface area contributed by atoms with E-state index in [9.17, 15) is 0 Å². The summed E-state index contributed by atoms with van der Waals surface area (Å²) >= 11 is 0. The minimum atomic E-state index is 0.568. The van der Waals surface area contributed by atoms with Crippen LogP contribution in [0.3, 0.4) is 0 Å². The van der Waals surface area contributed by atoms with E-state index in [1.807, 2.05) is 36.4 Å². The van der Waals surface area contributed by atoms with Crippen molar-refractivity contribution in [3.05, 3.63) is 67.4 Å². The van der Waals surface area contributed by atoms with Crippen LogP contribution in [0, 0.1) is 0 Å². The zero-order valence-corrected chi connectivity index (χ0v) is 14.5. The predicted octanol–water partition coefficient (Wildman–Crippen LogP) is 2.78. The Labute approximate surface area is 159 Å². The molecule has 0 aliphatic carbocycles. The number of aromatic nitrogens is 9. The molecule has 5 rings (SSSR count). The van der Waals surface area contributed by atoms with E-state index in [-0.39, 0.29) is 0 Å². The summed E-state index contributed by atoms with van der Waals surface area (Å²) in [4.78, 5) is 21.5. The first-order valence-corrected chi connectivity index (χ1v) is 8.49. The van der Waals surface area contributed by atoms with Crippen molar-refractivity contribution in [1.82, 2.24) is 45.3 Å². The van der Waals surface area contributed by atoms with Gasteiger partial charge in [0.25, 0.3) is 0 Å². The van der Waals surface area contributed by atoms with Crippen LogP contribution >= 0.6 is 0 Å². The van der Waals surface area contributed by atoms with Crippen LogP contribution in [0.5, 0.6) is 0 Å². The van der Waals surface area contributed by atoms with Crippen LogP contribution in [0.2, 0.25) is 0 Å². The van der Waals surface area contributed by atoms with Gasteiger partial charge in [-0.15, -0.1) is 0 Å². The van der Waals surface area contributed by atoms with E-state index >= 15 is 0 Å². The van der Waals surface area contributed by atoms with Crippen molar-refractivity contribution < 1.29 is 0 Å². The first-order chi connectivity index (χ1) is 13.9. The van der Waals surface area contributed by atoms with Crippen molar-refractivity contribution in [2.45, 2.75) is 0 Å². The summed E-state index contributed by atoms with van der Waals surface area (Å²) in [6, 6.07) is 11.2. The molecule has 5 aromatic rings. The highest BCUT2D eigenvalue weighted by Gasteiger charge is 2.12. The molecule has 134 valence electrons. The normalized spacial score (nSPS) is 10.9. The van der Waals surface area contributed by atoms with Crippen LogP contribution in [0.15, 0.2) is 67.4 Å². The lowest BCUT2D eigenvalue weighted by Crippen LogP contribution is -1.89. The molecule has 0 fully saturated rings. The van der Waals surface area contributed by atoms with Gasteiger partial charge in [0.05, 0.1) is 0 Å². The molecule has 5 aromatic heterocycles. The highest BCUT2D eigenvalue weighted by molar-refractivity contribution is 5.66. The van der Waals surface area contributed by atoms with Crippen molar-refractivity contribution in [3.63, 3.8) is 0 Å². The average Bonchev–Trinajstić information content (AvgIpc) is 3.46. The van der Waals surface area contributed by atoms with Gasteiger partial charge in [-0.25, -0.2) is 9.97 Å². The lowest BCUT2D eigenvalue weighted by molar-refractivity contribution is 1.08. The minimum Gasteiger partial charge on any atom is -0.265 e. The highest BCUT2D eigenvalue weighted by Crippen LogP contribution is 2.23. The fourth-order valence-corrected chi connectivity index (χ4v) is 2.74. The molecule has 0 aromatic carbocycles. The largest absolute Gasteiger partial charge is 0.265 e. The summed E-state index contributed by atoms with van der Waals surface area (Å²) in [5.74, 6) is 2.40. The van der Waals surface area contributed by atoms with E-state index in [4.69, 9.17) is 0 Å². The zero-order chi connectivity index (χ0) is 18.8. The van der Waals surface area contributed by atoms with Gasteiger partial charge >= 0.3 is 0 Å². The molecule has 28 heavy (non-hydrogen) atoms. The highest BCUT2D eigenvalue weighted by atomic mass is 15.2. The van der Waals surface area contributed by atoms with Crippen LogP contribution in [-0.4, -0.2) is 45.3 Å². The Balaban J connectivity index is 1.46. The van der Waals surface area contributed by atoms with Gasteiger partial charge in [-0.2, -0.15) is 10.2 Å². The second kappa shape index (κ2) is 6.80. The van der Waals surface area contributed by atoms with E-state index in [0.717, 1.165) is 16.7 Å². The van der Waals surface area contributed by atoms with Gasteiger partial charge < -0.3 is 0 Å². The van der Waals surface area contributed by atoms with E-state index in [2.05, 4.69) is 45.3 Å². The Morgan fingerprint density at radius 1 is 0.571 bits per heavy atom. The lowest BCUT2D eigenvalue weighted by atomic mass is 10.2. The molecule has 0 bridgehead atoms. The first-order valence-electron chi connectivity index (χ1n) is 8.49. The van der Waals surface area contributed by atoms with Crippen molar-refractivity contribution >= 4 is 0 Å². The number of hydrogen-bond acceptors (Lipinski definition) is 7. The molecule has 0 amide bonds. The van der Waals surface area contributed by atoms with Gasteiger partial charge in [-0.05, 0) is 36.4 Å². The Kier molecular flexibility index (Phi) is 3.87. The smallest absolute Gasteiger partial charge is 0.181 e. The Hall–Kier alpha value is -4.27. The van der Waals surface area contributed by atoms with Gasteiger partial charge in [-0.1, -0.05) is 0 Å². The molecule has 0 atom stereocenters. The molecule has 0 spiro atoms. The molecule has 5 heterocycles. The topological polar surface area (TPSA) is 122 Å². The Morgan fingerprint density at radius 2 is 1.14 bits per heavy atom. The molecule has 9 nitrogen and oxygen atoms in total. The molecule has 2 N–H and O–H groups in total. The number of nitrogens with zero attached hydrogens (tertiary/aromatic N) is 7. The van der Waals surface area contributed by atoms with Crippen molar-refractivity contribution in [2.24, 2.45) is 0 Å². The summed E-state index contributed by atoms with van der Waals surface area (Å²) in [6.45, 7) is 0. The summed E-state index contributed by atoms with van der Waals surface area (Å²) in [7, 11) is 0. The summed E-state index contributed by atoms with van der Waals surface area (Å²) in [6.07, 6.45) is 8.53. The molecular formula is C19H13N9. The zero-order valence-electron chi connectivity index (χ0n) is 14.5. The van der Waals surface area contributed by atoms with Crippen molar-refractivity contribution in [3.8, 4) is 45.7 Å². The molecular weight excluding hydrogens is 354 g/mol. The molecule has 0 aliphatic rings. The first kappa shape index (κ1) is 15.9. The number of hydrogen-bond donors (Lipinski definition) is 2. The van der Waals surface area contributed by atoms with E-state index in [1.54, 1.807) is 31.0 Å². The van der Waals surface area contributed by atoms with Crippen molar-refractivity contribution in [2.75, 3.05) is 0 Å². The van der Waals surface area contributed by atoms with Gasteiger partial charge in [0, 0.05) is 47.7 Å². The molecule has 9 heteroatoms. The molecule has 0 saturated carbocycles. The van der Waals surface area contributed by atoms with Crippen LogP contribution in [0.25, 0.3) is 45.7 Å². The minimum absolute atomic E-state index is 0.568. The number of aromatic amines is 2. The number of rotatable bonds is 4. The van der Waals surface area contributed by atoms with E-state index < -0.39 is 0 Å². The van der Waals surface area contributed by atoms with Gasteiger partial charge in [0.2, 0.25) is 0 Å². The van der Waals surface area contributed by atoms with Gasteiger partial charge in [0.1, 0.15) is 5.69 Å². The lowest BCUT2D eigenvalue weighted by Gasteiger charge is -1.98. The maximum Gasteiger partial charge on any atom is 0.181 e. The van der Waals surface area contributed by atoms with Crippen LogP contribution in [0.4, 0.5) is 0 Å². The summed E-state index contributed by atoms with van der Waals surface area (Å²) < 4.78 is 0. The summed E-state index contributed by atoms with van der Waals surface area (Å²) in [5.41, 5.74) is 3.27. The fraction of sp³-hybridized carbons (Fsp3) is 0. The third-order valence-electron chi connectivity index (χ3n) is 4.12. The monoisotopic (exact) mass is 367 g/mol. The van der Waals surface area contributed by atoms with Crippen LogP contribution in [0.1, 0.15) is 0 Å². The Morgan fingerprint density at radius 3 is 1.89 bits per heavy atom. The van der Waals surface area contributed by atoms with Crippen LogP contribution in [-0.2, 0) is 0 Å². The third kappa shape index (κ3) is 3.01. The maximum atomic E-state index is 4.56. The predicted molar refractivity (Wildman–Crippen MR) is 101 cm³/mol. The molecule has 0 unspecified atom stereocenters. The number of nitrogens with one attached hydrogen (secondary N) is 2. The van der Waals surface area contributed by atoms with Gasteiger partial charge in [-0.3, -0.25) is 25.1 Å². The standard InChI is InChI=1S/C19H13N9/c1-6-20-7-2-12(1)16-23-18(27-25-16)14-5-10-22-15(11-14)19-24-17(26-28-19)13-3-8-21-9-4-13/h1-11H,(H,23,25,27)(H,24,26,28). The molecule has 0 aliphatic heterocycles. The SMILES string of the molecule is c1cc(-c2n[nH]c(-c3cc(-c4n[nH]c(-c5ccncc5)n4)ccn3)n2)ccn1. The second-order valence-corrected chi connectivity index (χ2v) is 5.92.